The highest BCUT2D eigenvalue weighted by Gasteiger charge is 2.37. The van der Waals surface area contributed by atoms with Crippen LogP contribution in [0.15, 0.2) is 16.5 Å². The van der Waals surface area contributed by atoms with Gasteiger partial charge in [0, 0.05) is 19.1 Å². The Hall–Kier alpha value is -1.00. The molecule has 0 radical (unpaired) electrons. The van der Waals surface area contributed by atoms with Crippen LogP contribution in [-0.4, -0.2) is 36.5 Å². The van der Waals surface area contributed by atoms with E-state index in [1.807, 2.05) is 4.90 Å². The van der Waals surface area contributed by atoms with E-state index in [1.54, 1.807) is 12.1 Å². The number of carbonyl (C=O) groups excluding carboxylic acids is 1. The van der Waals surface area contributed by atoms with E-state index in [9.17, 15) is 4.79 Å². The average molecular weight is 241 g/mol. The Bertz CT molecular complexity index is 418. The summed E-state index contributed by atoms with van der Waals surface area (Å²) in [7, 11) is 0. The van der Waals surface area contributed by atoms with Gasteiger partial charge in [0.25, 0.3) is 5.91 Å². The van der Waals surface area contributed by atoms with Crippen LogP contribution in [0.3, 0.4) is 0 Å². The number of piperidine rings is 1. The summed E-state index contributed by atoms with van der Waals surface area (Å²) in [5.74, 6) is 1.03. The second-order valence-corrected chi connectivity index (χ2v) is 4.79. The van der Waals surface area contributed by atoms with E-state index in [1.165, 1.54) is 0 Å². The molecule has 1 aromatic heterocycles. The van der Waals surface area contributed by atoms with Gasteiger partial charge in [0.2, 0.25) is 0 Å². The number of hydrogen-bond donors (Lipinski definition) is 1. The summed E-state index contributed by atoms with van der Waals surface area (Å²) in [4.78, 5) is 13.9. The Labute approximate surface area is 98.5 Å². The van der Waals surface area contributed by atoms with Gasteiger partial charge in [-0.15, -0.1) is 0 Å². The van der Waals surface area contributed by atoms with Crippen LogP contribution in [0.2, 0.25) is 5.22 Å². The lowest BCUT2D eigenvalue weighted by atomic mass is 9.85. The van der Waals surface area contributed by atoms with Gasteiger partial charge >= 0.3 is 0 Å². The number of amides is 1. The van der Waals surface area contributed by atoms with Crippen LogP contribution in [0, 0.1) is 5.92 Å². The highest BCUT2D eigenvalue weighted by Crippen LogP contribution is 2.25. The number of nitrogens with one attached hydrogen (secondary N) is 1. The number of halogens is 1. The Morgan fingerprint density at radius 2 is 2.44 bits per heavy atom. The molecule has 2 saturated heterocycles. The number of nitrogens with zero attached hydrogens (tertiary/aromatic N) is 1. The molecule has 1 aromatic rings. The highest BCUT2D eigenvalue weighted by molar-refractivity contribution is 6.29. The molecular formula is C11H13ClN2O2. The fourth-order valence-electron chi connectivity index (χ4n) is 2.39. The van der Waals surface area contributed by atoms with Gasteiger partial charge in [-0.3, -0.25) is 4.79 Å². The molecule has 2 fully saturated rings. The van der Waals surface area contributed by atoms with Crippen LogP contribution < -0.4 is 5.32 Å². The monoisotopic (exact) mass is 240 g/mol. The normalized spacial score (nSPS) is 28.4. The van der Waals surface area contributed by atoms with Crippen LogP contribution in [0.5, 0.6) is 0 Å². The fraction of sp³-hybridized carbons (Fsp3) is 0.545. The molecule has 3 heterocycles. The Balaban J connectivity index is 1.71. The molecule has 2 unspecified atom stereocenters. The smallest absolute Gasteiger partial charge is 0.289 e. The van der Waals surface area contributed by atoms with E-state index < -0.39 is 0 Å². The minimum atomic E-state index is -0.0564. The van der Waals surface area contributed by atoms with Crippen molar-refractivity contribution in [1.29, 1.82) is 0 Å². The minimum absolute atomic E-state index is 0.0564. The van der Waals surface area contributed by atoms with Crippen LogP contribution in [-0.2, 0) is 0 Å². The first-order valence-corrected chi connectivity index (χ1v) is 5.90. The van der Waals surface area contributed by atoms with Crippen molar-refractivity contribution in [1.82, 2.24) is 10.2 Å². The Morgan fingerprint density at radius 3 is 3.00 bits per heavy atom. The quantitative estimate of drug-likeness (QED) is 0.807. The van der Waals surface area contributed by atoms with E-state index in [-0.39, 0.29) is 11.1 Å². The number of fused-ring (bicyclic) bond motifs is 1. The topological polar surface area (TPSA) is 45.5 Å². The van der Waals surface area contributed by atoms with Crippen LogP contribution >= 0.6 is 11.6 Å². The minimum Gasteiger partial charge on any atom is -0.440 e. The van der Waals surface area contributed by atoms with Crippen LogP contribution in [0.25, 0.3) is 0 Å². The van der Waals surface area contributed by atoms with E-state index >= 15 is 0 Å². The Morgan fingerprint density at radius 1 is 1.56 bits per heavy atom. The first-order valence-electron chi connectivity index (χ1n) is 5.52. The average Bonchev–Trinajstić information content (AvgIpc) is 2.66. The number of furan rings is 1. The van der Waals surface area contributed by atoms with E-state index in [2.05, 4.69) is 5.32 Å². The van der Waals surface area contributed by atoms with Crippen molar-refractivity contribution in [2.45, 2.75) is 12.5 Å². The molecule has 1 amide bonds. The molecule has 0 aliphatic carbocycles. The van der Waals surface area contributed by atoms with Gasteiger partial charge in [-0.2, -0.15) is 0 Å². The van der Waals surface area contributed by atoms with Crippen molar-refractivity contribution < 1.29 is 9.21 Å². The first kappa shape index (κ1) is 10.2. The summed E-state index contributed by atoms with van der Waals surface area (Å²) < 4.78 is 5.13. The lowest BCUT2D eigenvalue weighted by molar-refractivity contribution is 0.0490. The zero-order valence-corrected chi connectivity index (χ0v) is 9.54. The molecule has 2 atom stereocenters. The van der Waals surface area contributed by atoms with E-state index in [4.69, 9.17) is 16.0 Å². The third-order valence-corrected chi connectivity index (χ3v) is 3.67. The van der Waals surface area contributed by atoms with Crippen molar-refractivity contribution in [2.24, 2.45) is 5.92 Å². The summed E-state index contributed by atoms with van der Waals surface area (Å²) in [5, 5.41) is 3.60. The van der Waals surface area contributed by atoms with Crippen LogP contribution in [0.1, 0.15) is 17.0 Å². The number of carbonyl (C=O) groups is 1. The van der Waals surface area contributed by atoms with Crippen molar-refractivity contribution in [3.05, 3.63) is 23.1 Å². The fourth-order valence-corrected chi connectivity index (χ4v) is 2.53. The second kappa shape index (κ2) is 3.79. The second-order valence-electron chi connectivity index (χ2n) is 4.42. The largest absolute Gasteiger partial charge is 0.440 e. The lowest BCUT2D eigenvalue weighted by Crippen LogP contribution is -2.62. The molecule has 1 N–H and O–H groups in total. The molecule has 4 nitrogen and oxygen atoms in total. The third kappa shape index (κ3) is 1.62. The highest BCUT2D eigenvalue weighted by atomic mass is 35.5. The van der Waals surface area contributed by atoms with Gasteiger partial charge in [-0.05, 0) is 42.6 Å². The summed E-state index contributed by atoms with van der Waals surface area (Å²) in [6, 6.07) is 3.71. The van der Waals surface area contributed by atoms with Crippen molar-refractivity contribution >= 4 is 17.5 Å². The standard InChI is InChI=1S/C11H13ClN2O2/c12-10-2-1-9(16-10)11(15)14-4-3-7-5-13-8(7)6-14/h1-2,7-8,13H,3-6H2. The summed E-state index contributed by atoms with van der Waals surface area (Å²) in [5.41, 5.74) is 0. The molecule has 5 heteroatoms. The van der Waals surface area contributed by atoms with Gasteiger partial charge in [-0.25, -0.2) is 0 Å². The summed E-state index contributed by atoms with van der Waals surface area (Å²) >= 11 is 5.66. The molecule has 0 saturated carbocycles. The molecule has 0 aromatic carbocycles. The van der Waals surface area contributed by atoms with Gasteiger partial charge in [-0.1, -0.05) is 0 Å². The van der Waals surface area contributed by atoms with Gasteiger partial charge in [0.05, 0.1) is 0 Å². The number of likely N-dealkylation sites (tertiary alicyclic amines) is 1. The van der Waals surface area contributed by atoms with Crippen LogP contribution in [0.4, 0.5) is 0 Å². The summed E-state index contributed by atoms with van der Waals surface area (Å²) in [6.45, 7) is 2.70. The van der Waals surface area contributed by atoms with Gasteiger partial charge in [0.1, 0.15) is 0 Å². The molecule has 2 aliphatic rings. The number of rotatable bonds is 1. The molecule has 3 rings (SSSR count). The zero-order chi connectivity index (χ0) is 11.1. The molecule has 0 spiro atoms. The predicted octanol–water partition coefficient (Wildman–Crippen LogP) is 1.37. The van der Waals surface area contributed by atoms with Gasteiger partial charge < -0.3 is 14.6 Å². The first-order chi connectivity index (χ1) is 7.74. The maximum atomic E-state index is 12.0. The maximum Gasteiger partial charge on any atom is 0.289 e. The zero-order valence-electron chi connectivity index (χ0n) is 8.78. The van der Waals surface area contributed by atoms with Gasteiger partial charge in [0.15, 0.2) is 11.0 Å². The predicted molar refractivity (Wildman–Crippen MR) is 59.5 cm³/mol. The molecule has 2 aliphatic heterocycles. The van der Waals surface area contributed by atoms with Crippen molar-refractivity contribution in [3.63, 3.8) is 0 Å². The lowest BCUT2D eigenvalue weighted by Gasteiger charge is -2.46. The SMILES string of the molecule is O=C(c1ccc(Cl)o1)N1CCC2CNC2C1. The Kier molecular flexibility index (Phi) is 2.41. The summed E-state index contributed by atoms with van der Waals surface area (Å²) in [6.07, 6.45) is 1.08. The number of hydrogen-bond acceptors (Lipinski definition) is 3. The van der Waals surface area contributed by atoms with Crippen molar-refractivity contribution in [3.8, 4) is 0 Å². The maximum absolute atomic E-state index is 12.0. The van der Waals surface area contributed by atoms with E-state index in [0.29, 0.717) is 11.8 Å². The van der Waals surface area contributed by atoms with E-state index in [0.717, 1.165) is 32.0 Å². The molecule has 16 heavy (non-hydrogen) atoms. The molecular weight excluding hydrogens is 228 g/mol. The molecule has 0 bridgehead atoms. The van der Waals surface area contributed by atoms with Crippen molar-refractivity contribution in [2.75, 3.05) is 19.6 Å². The third-order valence-electron chi connectivity index (χ3n) is 3.47. The molecule has 86 valence electrons.